The molecule has 224 valence electrons. The largest absolute Gasteiger partial charge is 0.455 e. The number of hydrogen-bond acceptors (Lipinski definition) is 7. The zero-order chi connectivity index (χ0) is 29.4. The van der Waals surface area contributed by atoms with Gasteiger partial charge in [0.1, 0.15) is 23.5 Å². The van der Waals surface area contributed by atoms with Crippen molar-refractivity contribution in [2.45, 2.75) is 135 Å². The van der Waals surface area contributed by atoms with Crippen molar-refractivity contribution < 1.29 is 33.8 Å². The highest BCUT2D eigenvalue weighted by atomic mass is 16.6. The highest BCUT2D eigenvalue weighted by molar-refractivity contribution is 5.96. The van der Waals surface area contributed by atoms with Crippen LogP contribution in [0.2, 0.25) is 0 Å². The number of ketones is 2. The number of esters is 1. The zero-order valence-electron chi connectivity index (χ0n) is 25.0. The lowest BCUT2D eigenvalue weighted by atomic mass is 9.82. The molecule has 0 radical (unpaired) electrons. The summed E-state index contributed by atoms with van der Waals surface area (Å²) in [6, 6.07) is -0.740. The highest BCUT2D eigenvalue weighted by Gasteiger charge is 2.45. The Morgan fingerprint density at radius 2 is 1.88 bits per heavy atom. The van der Waals surface area contributed by atoms with E-state index in [1.54, 1.807) is 19.9 Å². The van der Waals surface area contributed by atoms with Gasteiger partial charge in [-0.25, -0.2) is 4.79 Å². The number of ether oxygens (including phenoxy) is 2. The van der Waals surface area contributed by atoms with Gasteiger partial charge in [0.05, 0.1) is 12.2 Å². The number of carbonyl (C=O) groups is 4. The van der Waals surface area contributed by atoms with Gasteiger partial charge in [0.15, 0.2) is 5.78 Å². The van der Waals surface area contributed by atoms with Crippen LogP contribution in [0.3, 0.4) is 0 Å². The molecular formula is C32H49NO7. The monoisotopic (exact) mass is 559 g/mol. The van der Waals surface area contributed by atoms with Gasteiger partial charge in [0.2, 0.25) is 5.91 Å². The molecule has 0 aliphatic carbocycles. The molecule has 2 fully saturated rings. The Labute approximate surface area is 239 Å². The Morgan fingerprint density at radius 1 is 1.12 bits per heavy atom. The summed E-state index contributed by atoms with van der Waals surface area (Å²) in [4.78, 5) is 53.1. The van der Waals surface area contributed by atoms with Gasteiger partial charge in [-0.05, 0) is 89.2 Å². The van der Waals surface area contributed by atoms with Crippen LogP contribution in [0.4, 0.5) is 0 Å². The summed E-state index contributed by atoms with van der Waals surface area (Å²) >= 11 is 0. The van der Waals surface area contributed by atoms with Crippen molar-refractivity contribution in [2.75, 3.05) is 6.54 Å². The molecule has 3 heterocycles. The summed E-state index contributed by atoms with van der Waals surface area (Å²) in [5, 5.41) is 11.2. The van der Waals surface area contributed by atoms with Crippen molar-refractivity contribution in [3.05, 3.63) is 23.8 Å². The topological polar surface area (TPSA) is 110 Å². The highest BCUT2D eigenvalue weighted by Crippen LogP contribution is 2.36. The summed E-state index contributed by atoms with van der Waals surface area (Å²) in [6.45, 7) is 9.71. The molecule has 6 unspecified atom stereocenters. The molecule has 3 rings (SSSR count). The number of allylic oxidation sites excluding steroid dienone is 3. The van der Waals surface area contributed by atoms with Crippen LogP contribution in [0.25, 0.3) is 0 Å². The first-order valence-corrected chi connectivity index (χ1v) is 15.2. The van der Waals surface area contributed by atoms with Crippen molar-refractivity contribution in [3.63, 3.8) is 0 Å². The molecule has 2 bridgehead atoms. The maximum Gasteiger partial charge on any atom is 0.329 e. The normalized spacial score (nSPS) is 36.1. The number of rotatable bonds is 4. The number of fused-ring (bicyclic) bond motifs is 3. The van der Waals surface area contributed by atoms with Crippen molar-refractivity contribution >= 4 is 23.4 Å². The molecule has 0 aromatic rings. The summed E-state index contributed by atoms with van der Waals surface area (Å²) in [5.74, 6) is -0.956. The predicted molar refractivity (Wildman–Crippen MR) is 152 cm³/mol. The minimum atomic E-state index is -1.30. The fourth-order valence-corrected chi connectivity index (χ4v) is 6.26. The minimum Gasteiger partial charge on any atom is -0.455 e. The first-order chi connectivity index (χ1) is 18.9. The fourth-order valence-electron chi connectivity index (χ4n) is 6.26. The van der Waals surface area contributed by atoms with E-state index in [1.165, 1.54) is 11.0 Å². The van der Waals surface area contributed by atoms with E-state index in [4.69, 9.17) is 9.47 Å². The maximum atomic E-state index is 13.5. The van der Waals surface area contributed by atoms with Gasteiger partial charge in [0, 0.05) is 25.3 Å². The lowest BCUT2D eigenvalue weighted by Crippen LogP contribution is -2.51. The molecule has 3 aliphatic heterocycles. The average Bonchev–Trinajstić information content (AvgIpc) is 3.60. The molecule has 2 saturated heterocycles. The van der Waals surface area contributed by atoms with Gasteiger partial charge in [0.25, 0.3) is 0 Å². The van der Waals surface area contributed by atoms with Gasteiger partial charge in [-0.1, -0.05) is 32.9 Å². The van der Waals surface area contributed by atoms with Crippen molar-refractivity contribution in [3.8, 4) is 0 Å². The van der Waals surface area contributed by atoms with E-state index in [2.05, 4.69) is 0 Å². The summed E-state index contributed by atoms with van der Waals surface area (Å²) in [6.07, 6.45) is 10.4. The second-order valence-electron chi connectivity index (χ2n) is 12.3. The molecule has 0 spiro atoms. The Kier molecular flexibility index (Phi) is 11.7. The first kappa shape index (κ1) is 32.2. The molecule has 1 N–H and O–H groups in total. The van der Waals surface area contributed by atoms with Gasteiger partial charge >= 0.3 is 5.97 Å². The summed E-state index contributed by atoms with van der Waals surface area (Å²) in [5.41, 5.74) is -0.534. The number of nitrogens with zero attached hydrogens (tertiary/aromatic N) is 1. The number of Topliss-reactive ketones (excluding diaryl/α,β-unsaturated/α-hetero) is 2. The van der Waals surface area contributed by atoms with E-state index in [-0.39, 0.29) is 47.9 Å². The minimum absolute atomic E-state index is 0.0350. The second kappa shape index (κ2) is 14.5. The first-order valence-electron chi connectivity index (χ1n) is 15.2. The molecule has 40 heavy (non-hydrogen) atoms. The molecule has 8 heteroatoms. The van der Waals surface area contributed by atoms with Gasteiger partial charge < -0.3 is 19.5 Å². The van der Waals surface area contributed by atoms with Gasteiger partial charge in [-0.3, -0.25) is 14.4 Å². The number of carbonyl (C=O) groups excluding carboxylic acids is 4. The third kappa shape index (κ3) is 8.35. The molecule has 1 amide bonds. The third-order valence-corrected chi connectivity index (χ3v) is 8.97. The van der Waals surface area contributed by atoms with Crippen molar-refractivity contribution in [1.29, 1.82) is 0 Å². The van der Waals surface area contributed by atoms with Crippen LogP contribution < -0.4 is 0 Å². The summed E-state index contributed by atoms with van der Waals surface area (Å²) < 4.78 is 12.4. The number of hydrogen-bond donors (Lipinski definition) is 1. The second-order valence-corrected chi connectivity index (χ2v) is 12.3. The third-order valence-electron chi connectivity index (χ3n) is 8.97. The number of aliphatic hydroxyl groups excluding tert-OH is 1. The summed E-state index contributed by atoms with van der Waals surface area (Å²) in [7, 11) is 0. The fraction of sp³-hybridized carbons (Fsp3) is 0.750. The van der Waals surface area contributed by atoms with Crippen LogP contribution in [0.5, 0.6) is 0 Å². The lowest BCUT2D eigenvalue weighted by Gasteiger charge is -2.38. The van der Waals surface area contributed by atoms with E-state index in [1.807, 2.05) is 26.8 Å². The van der Waals surface area contributed by atoms with Crippen molar-refractivity contribution in [2.24, 2.45) is 11.8 Å². The van der Waals surface area contributed by atoms with E-state index in [0.717, 1.165) is 31.3 Å². The lowest BCUT2D eigenvalue weighted by molar-refractivity contribution is -0.182. The number of aliphatic hydroxyl groups is 1. The molecule has 0 saturated carbocycles. The van der Waals surface area contributed by atoms with Crippen LogP contribution in [-0.2, 0) is 28.7 Å². The van der Waals surface area contributed by atoms with Crippen LogP contribution >= 0.6 is 0 Å². The zero-order valence-corrected chi connectivity index (χ0v) is 25.0. The van der Waals surface area contributed by atoms with Crippen LogP contribution in [0.1, 0.15) is 105 Å². The number of cyclic esters (lactones) is 1. The van der Waals surface area contributed by atoms with E-state index >= 15 is 0 Å². The van der Waals surface area contributed by atoms with Gasteiger partial charge in [-0.2, -0.15) is 0 Å². The average molecular weight is 560 g/mol. The van der Waals surface area contributed by atoms with Crippen LogP contribution in [-0.4, -0.2) is 69.9 Å². The molecule has 8 nitrogen and oxygen atoms in total. The van der Waals surface area contributed by atoms with Crippen LogP contribution in [0.15, 0.2) is 23.8 Å². The van der Waals surface area contributed by atoms with Gasteiger partial charge in [-0.15, -0.1) is 0 Å². The van der Waals surface area contributed by atoms with E-state index < -0.39 is 23.7 Å². The maximum absolute atomic E-state index is 13.5. The predicted octanol–water partition coefficient (Wildman–Crippen LogP) is 4.86. The molecule has 3 aliphatic rings. The standard InChI is InChI=1S/C32H49NO7/c1-6-24(34)19-28(35)32(5)20-23(4)27-17-16-25(39-27)13-9-12-22(3)30(37)21(2)11-7-8-15-29(36)33-18-10-14-26(33)31(38)40-32/h8,12,15,21,23,25-28,35H,6-7,9-11,13-14,16-20H2,1-5H3/b15-8+,22-12-/t21?,23?,25?,26-,27?,28?,32?/m0/s1. The Bertz CT molecular complexity index is 988. The van der Waals surface area contributed by atoms with E-state index in [9.17, 15) is 24.3 Å². The molecule has 7 atom stereocenters. The number of amides is 1. The smallest absolute Gasteiger partial charge is 0.329 e. The van der Waals surface area contributed by atoms with Crippen LogP contribution in [0, 0.1) is 11.8 Å². The van der Waals surface area contributed by atoms with Crippen molar-refractivity contribution in [1.82, 2.24) is 4.90 Å². The molecule has 0 aromatic carbocycles. The Morgan fingerprint density at radius 3 is 2.60 bits per heavy atom. The molecule has 0 aromatic heterocycles. The SMILES string of the molecule is CCC(=O)CC(O)C1(C)CC(C)C2CCC(CC/C=C(/C)C(=O)C(C)CC/C=C/C(=O)N3CCC[C@H]3C(=O)O1)O2. The quantitative estimate of drug-likeness (QED) is 0.490. The Hall–Kier alpha value is -2.32. The van der Waals surface area contributed by atoms with E-state index in [0.29, 0.717) is 45.1 Å². The molecular weight excluding hydrogens is 510 g/mol. The Balaban J connectivity index is 1.86.